The first-order valence-corrected chi connectivity index (χ1v) is 8.83. The van der Waals surface area contributed by atoms with Crippen molar-refractivity contribution in [3.8, 4) is 0 Å². The summed E-state index contributed by atoms with van der Waals surface area (Å²) in [5.74, 6) is 0.518. The van der Waals surface area contributed by atoms with Gasteiger partial charge < -0.3 is 15.4 Å². The Bertz CT molecular complexity index is 594. The normalized spacial score (nSPS) is 11.6. The van der Waals surface area contributed by atoms with Crippen LogP contribution in [0.25, 0.3) is 5.43 Å². The summed E-state index contributed by atoms with van der Waals surface area (Å²) in [5, 5.41) is 8.88. The third kappa shape index (κ3) is 10.6. The Morgan fingerprint density at radius 1 is 1.39 bits per heavy atom. The second-order valence-corrected chi connectivity index (χ2v) is 6.76. The summed E-state index contributed by atoms with van der Waals surface area (Å²) in [6.45, 7) is 2.60. The molecule has 0 aromatic heterocycles. The Kier molecular flexibility index (Phi) is 11.7. The summed E-state index contributed by atoms with van der Waals surface area (Å²) < 4.78 is 27.0. The average molecular weight is 385 g/mol. The van der Waals surface area contributed by atoms with Crippen molar-refractivity contribution in [1.82, 2.24) is 14.3 Å². The number of hydrogen-bond donors (Lipinski definition) is 3. The van der Waals surface area contributed by atoms with Crippen LogP contribution in [0.4, 0.5) is 0 Å². The molecule has 0 atom stereocenters. The maximum absolute atomic E-state index is 10.8. The van der Waals surface area contributed by atoms with E-state index >= 15 is 0 Å². The molecule has 0 fully saturated rings. The number of nitrogens with one attached hydrogen (secondary N) is 2. The van der Waals surface area contributed by atoms with Gasteiger partial charge in [-0.25, -0.2) is 9.86 Å². The molecule has 1 rings (SSSR count). The molecule has 0 spiro atoms. The molecule has 1 aromatic rings. The van der Waals surface area contributed by atoms with Crippen molar-refractivity contribution < 1.29 is 59.8 Å². The molecule has 0 radical (unpaired) electrons. The molecule has 8 nitrogen and oxygen atoms in total. The number of likely N-dealkylation sites (N-methyl/N-ethyl adjacent to an activating group) is 1. The molecule has 0 bridgehead atoms. The summed E-state index contributed by atoms with van der Waals surface area (Å²) in [5.41, 5.74) is 4.94. The predicted octanol–water partition coefficient (Wildman–Crippen LogP) is -2.40. The second kappa shape index (κ2) is 11.7. The van der Waals surface area contributed by atoms with E-state index in [0.29, 0.717) is 12.5 Å². The second-order valence-electron chi connectivity index (χ2n) is 4.50. The van der Waals surface area contributed by atoms with Crippen LogP contribution in [0.5, 0.6) is 0 Å². The molecule has 0 amide bonds. The molecule has 0 saturated heterocycles. The van der Waals surface area contributed by atoms with E-state index in [2.05, 4.69) is 20.0 Å². The SMILES string of the molecule is C[N-]/N=C(\NSc1ccc(C)cc1)N(C)CCNS(N)(=O)=O.[K+]. The van der Waals surface area contributed by atoms with Crippen LogP contribution >= 0.6 is 11.9 Å². The molecule has 124 valence electrons. The molecule has 0 aliphatic carbocycles. The fraction of sp³-hybridized carbons (Fsp3) is 0.417. The molecule has 0 saturated carbocycles. The van der Waals surface area contributed by atoms with Crippen LogP contribution in [0.2, 0.25) is 0 Å². The van der Waals surface area contributed by atoms with Crippen molar-refractivity contribution in [3.63, 3.8) is 0 Å². The fourth-order valence-corrected chi connectivity index (χ4v) is 2.50. The van der Waals surface area contributed by atoms with Gasteiger partial charge in [0.2, 0.25) is 0 Å². The van der Waals surface area contributed by atoms with Crippen LogP contribution < -0.4 is 66.0 Å². The first-order valence-electron chi connectivity index (χ1n) is 6.46. The van der Waals surface area contributed by atoms with Crippen molar-refractivity contribution in [2.45, 2.75) is 11.8 Å². The quantitative estimate of drug-likeness (QED) is 0.159. The topological polar surface area (TPSA) is 114 Å². The van der Waals surface area contributed by atoms with E-state index in [-0.39, 0.29) is 57.9 Å². The Balaban J connectivity index is 0.00000484. The van der Waals surface area contributed by atoms with Crippen molar-refractivity contribution in [1.29, 1.82) is 0 Å². The van der Waals surface area contributed by atoms with E-state index in [1.807, 2.05) is 31.2 Å². The van der Waals surface area contributed by atoms with Gasteiger partial charge in [0.05, 0.1) is 0 Å². The molecular formula is C12H21KN6O2S2. The Morgan fingerprint density at radius 3 is 2.52 bits per heavy atom. The molecule has 23 heavy (non-hydrogen) atoms. The van der Waals surface area contributed by atoms with Crippen LogP contribution in [0.1, 0.15) is 5.56 Å². The van der Waals surface area contributed by atoms with Crippen LogP contribution in [0.15, 0.2) is 34.3 Å². The summed E-state index contributed by atoms with van der Waals surface area (Å²) >= 11 is 1.40. The van der Waals surface area contributed by atoms with Gasteiger partial charge in [-0.2, -0.15) is 8.42 Å². The number of nitrogens with zero attached hydrogens (tertiary/aromatic N) is 3. The summed E-state index contributed by atoms with van der Waals surface area (Å²) in [7, 11) is -0.343. The van der Waals surface area contributed by atoms with Crippen LogP contribution in [0, 0.1) is 6.92 Å². The molecule has 0 unspecified atom stereocenters. The van der Waals surface area contributed by atoms with E-state index < -0.39 is 10.2 Å². The Morgan fingerprint density at radius 2 is 2.00 bits per heavy atom. The van der Waals surface area contributed by atoms with Crippen LogP contribution in [0.3, 0.4) is 0 Å². The molecule has 1 aromatic carbocycles. The predicted molar refractivity (Wildman–Crippen MR) is 90.6 cm³/mol. The number of rotatable bonds is 7. The van der Waals surface area contributed by atoms with Gasteiger partial charge in [0.1, 0.15) is 0 Å². The average Bonchev–Trinajstić information content (AvgIpc) is 2.43. The number of guanidine groups is 1. The fourth-order valence-electron chi connectivity index (χ4n) is 1.44. The van der Waals surface area contributed by atoms with Gasteiger partial charge in [0.25, 0.3) is 10.2 Å². The van der Waals surface area contributed by atoms with Gasteiger partial charge in [0.15, 0.2) is 5.96 Å². The van der Waals surface area contributed by atoms with Crippen molar-refractivity contribution in [3.05, 3.63) is 35.3 Å². The molecular weight excluding hydrogens is 363 g/mol. The zero-order valence-corrected chi connectivity index (χ0v) is 18.5. The molecule has 0 aliphatic heterocycles. The number of nitrogens with two attached hydrogens (primary N) is 1. The van der Waals surface area contributed by atoms with Gasteiger partial charge in [-0.05, 0) is 31.0 Å². The molecule has 11 heteroatoms. The first kappa shape index (κ1) is 23.1. The van der Waals surface area contributed by atoms with Crippen LogP contribution in [-0.4, -0.2) is 46.5 Å². The minimum atomic E-state index is -3.68. The van der Waals surface area contributed by atoms with Crippen LogP contribution in [-0.2, 0) is 10.2 Å². The largest absolute Gasteiger partial charge is 1.00 e. The molecule has 0 aliphatic rings. The third-order valence-electron chi connectivity index (χ3n) is 2.59. The number of hydrogen-bond acceptors (Lipinski definition) is 4. The molecule has 0 heterocycles. The zero-order valence-electron chi connectivity index (χ0n) is 13.8. The summed E-state index contributed by atoms with van der Waals surface area (Å²) in [6, 6.07) is 8.03. The van der Waals surface area contributed by atoms with E-state index in [1.165, 1.54) is 17.5 Å². The standard InChI is InChI=1S/C12H21N6O2S2.K/c1-10-4-6-11(7-5-10)21-17-12(16-14-2)18(3)9-8-15-22(13,19)20;/h4-7,15H,8-9H2,1-3H3,(H,16,17)(H2,13,19,20);/q-1;+1. The maximum atomic E-state index is 10.8. The smallest absolute Gasteiger partial charge is 0.602 e. The Hall–Kier alpha value is 0.146. The summed E-state index contributed by atoms with van der Waals surface area (Å²) in [4.78, 5) is 2.78. The first-order chi connectivity index (χ1) is 10.3. The van der Waals surface area contributed by atoms with Gasteiger partial charge in [-0.15, -0.1) is 7.05 Å². The number of benzene rings is 1. The monoisotopic (exact) mass is 384 g/mol. The minimum absolute atomic E-state index is 0. The molecule has 4 N–H and O–H groups in total. The van der Waals surface area contributed by atoms with Crippen molar-refractivity contribution in [2.75, 3.05) is 27.2 Å². The van der Waals surface area contributed by atoms with Gasteiger partial charge in [0, 0.05) is 25.0 Å². The Labute approximate surface area is 184 Å². The van der Waals surface area contributed by atoms with Crippen molar-refractivity contribution in [2.24, 2.45) is 10.2 Å². The van der Waals surface area contributed by atoms with Gasteiger partial charge in [-0.1, -0.05) is 17.7 Å². The van der Waals surface area contributed by atoms with Crippen molar-refractivity contribution >= 4 is 28.1 Å². The maximum Gasteiger partial charge on any atom is 1.00 e. The van der Waals surface area contributed by atoms with E-state index in [0.717, 1.165) is 4.90 Å². The number of aryl methyl sites for hydroxylation is 1. The zero-order chi connectivity index (χ0) is 16.6. The minimum Gasteiger partial charge on any atom is -0.602 e. The third-order valence-corrected chi connectivity index (χ3v) is 3.99. The van der Waals surface area contributed by atoms with E-state index in [9.17, 15) is 8.42 Å². The van der Waals surface area contributed by atoms with E-state index in [1.54, 1.807) is 19.0 Å². The van der Waals surface area contributed by atoms with E-state index in [4.69, 9.17) is 5.14 Å². The summed E-state index contributed by atoms with van der Waals surface area (Å²) in [6.07, 6.45) is 0. The van der Waals surface area contributed by atoms with Gasteiger partial charge >= 0.3 is 51.4 Å². The van der Waals surface area contributed by atoms with Gasteiger partial charge in [-0.3, -0.25) is 4.72 Å².